The molecule has 0 bridgehead atoms. The zero-order valence-electron chi connectivity index (χ0n) is 13.1. The lowest BCUT2D eigenvalue weighted by Crippen LogP contribution is -2.41. The Labute approximate surface area is 123 Å². The molecule has 2 rings (SSSR count). The van der Waals surface area contributed by atoms with Gasteiger partial charge in [0.25, 0.3) is 0 Å². The van der Waals surface area contributed by atoms with Crippen molar-refractivity contribution < 1.29 is 4.79 Å². The molecule has 2 nitrogen and oxygen atoms in total. The number of ketones is 1. The third kappa shape index (κ3) is 3.69. The van der Waals surface area contributed by atoms with Crippen molar-refractivity contribution in [1.29, 1.82) is 0 Å². The number of likely N-dealkylation sites (tertiary alicyclic amines) is 1. The fourth-order valence-corrected chi connectivity index (χ4v) is 3.16. The van der Waals surface area contributed by atoms with Gasteiger partial charge in [-0.3, -0.25) is 9.69 Å². The molecule has 1 heterocycles. The van der Waals surface area contributed by atoms with Gasteiger partial charge in [0, 0.05) is 5.56 Å². The van der Waals surface area contributed by atoms with Gasteiger partial charge in [0.2, 0.25) is 0 Å². The first-order chi connectivity index (χ1) is 9.53. The molecular weight excluding hydrogens is 246 g/mol. The summed E-state index contributed by atoms with van der Waals surface area (Å²) in [7, 11) is 0. The molecule has 1 fully saturated rings. The van der Waals surface area contributed by atoms with Crippen LogP contribution in [-0.2, 0) is 0 Å². The molecule has 1 aromatic rings. The maximum atomic E-state index is 12.7. The van der Waals surface area contributed by atoms with Gasteiger partial charge < -0.3 is 0 Å². The summed E-state index contributed by atoms with van der Waals surface area (Å²) >= 11 is 0. The second-order valence-corrected chi connectivity index (χ2v) is 6.71. The Kier molecular flexibility index (Phi) is 4.98. The minimum atomic E-state index is 0.0475. The van der Waals surface area contributed by atoms with Crippen LogP contribution in [0.15, 0.2) is 30.3 Å². The molecule has 1 saturated heterocycles. The van der Waals surface area contributed by atoms with E-state index in [0.717, 1.165) is 25.1 Å². The quantitative estimate of drug-likeness (QED) is 0.768. The van der Waals surface area contributed by atoms with E-state index in [9.17, 15) is 4.79 Å². The van der Waals surface area contributed by atoms with Gasteiger partial charge in [-0.1, -0.05) is 51.1 Å². The lowest BCUT2D eigenvalue weighted by atomic mass is 9.85. The van der Waals surface area contributed by atoms with Crippen LogP contribution < -0.4 is 0 Å². The van der Waals surface area contributed by atoms with Crippen LogP contribution in [0.1, 0.15) is 56.8 Å². The molecule has 0 N–H and O–H groups in total. The number of hydrogen-bond donors (Lipinski definition) is 0. The molecule has 110 valence electrons. The fraction of sp³-hybridized carbons (Fsp3) is 0.611. The van der Waals surface area contributed by atoms with Crippen molar-refractivity contribution in [2.24, 2.45) is 5.41 Å². The van der Waals surface area contributed by atoms with Crippen molar-refractivity contribution in [1.82, 2.24) is 4.90 Å². The number of nitrogens with zero attached hydrogens (tertiary/aromatic N) is 1. The molecule has 0 aromatic heterocycles. The van der Waals surface area contributed by atoms with Gasteiger partial charge in [0.15, 0.2) is 5.78 Å². The average Bonchev–Trinajstić information content (AvgIpc) is 2.62. The van der Waals surface area contributed by atoms with Crippen LogP contribution in [0.3, 0.4) is 0 Å². The van der Waals surface area contributed by atoms with Crippen molar-refractivity contribution in [2.75, 3.05) is 13.1 Å². The smallest absolute Gasteiger partial charge is 0.179 e. The Morgan fingerprint density at radius 1 is 1.20 bits per heavy atom. The molecule has 1 aromatic carbocycles. The highest BCUT2D eigenvalue weighted by atomic mass is 16.1. The van der Waals surface area contributed by atoms with Crippen molar-refractivity contribution in [3.63, 3.8) is 0 Å². The monoisotopic (exact) mass is 273 g/mol. The summed E-state index contributed by atoms with van der Waals surface area (Å²) in [5.41, 5.74) is 1.27. The standard InChI is InChI=1S/C18H27NO/c1-4-16(17(20)15-9-6-5-7-10-15)19-13-8-11-18(2,3)12-14-19/h5-7,9-10,16H,4,8,11-14H2,1-3H3. The lowest BCUT2D eigenvalue weighted by molar-refractivity contribution is 0.0811. The Morgan fingerprint density at radius 3 is 2.55 bits per heavy atom. The highest BCUT2D eigenvalue weighted by Crippen LogP contribution is 2.31. The van der Waals surface area contributed by atoms with Crippen molar-refractivity contribution in [2.45, 2.75) is 52.5 Å². The summed E-state index contributed by atoms with van der Waals surface area (Å²) in [5, 5.41) is 0. The van der Waals surface area contributed by atoms with Crippen molar-refractivity contribution >= 4 is 5.78 Å². The van der Waals surface area contributed by atoms with Gasteiger partial charge in [-0.25, -0.2) is 0 Å². The predicted molar refractivity (Wildman–Crippen MR) is 84.1 cm³/mol. The van der Waals surface area contributed by atoms with Crippen LogP contribution in [0.2, 0.25) is 0 Å². The van der Waals surface area contributed by atoms with Crippen LogP contribution >= 0.6 is 0 Å². The third-order valence-corrected chi connectivity index (χ3v) is 4.56. The van der Waals surface area contributed by atoms with Crippen LogP contribution in [0.25, 0.3) is 0 Å². The van der Waals surface area contributed by atoms with E-state index in [4.69, 9.17) is 0 Å². The molecule has 0 spiro atoms. The fourth-order valence-electron chi connectivity index (χ4n) is 3.16. The zero-order valence-corrected chi connectivity index (χ0v) is 13.1. The van der Waals surface area contributed by atoms with Gasteiger partial charge in [-0.15, -0.1) is 0 Å². The summed E-state index contributed by atoms with van der Waals surface area (Å²) in [6.07, 6.45) is 4.55. The first-order valence-corrected chi connectivity index (χ1v) is 7.87. The van der Waals surface area contributed by atoms with Crippen LogP contribution in [0.4, 0.5) is 0 Å². The molecule has 0 saturated carbocycles. The summed E-state index contributed by atoms with van der Waals surface area (Å²) < 4.78 is 0. The molecule has 0 radical (unpaired) electrons. The van der Waals surface area contributed by atoms with Crippen LogP contribution in [-0.4, -0.2) is 29.8 Å². The number of rotatable bonds is 4. The van der Waals surface area contributed by atoms with Crippen molar-refractivity contribution in [3.8, 4) is 0 Å². The Morgan fingerprint density at radius 2 is 1.90 bits per heavy atom. The molecule has 0 aliphatic carbocycles. The second-order valence-electron chi connectivity index (χ2n) is 6.71. The first kappa shape index (κ1) is 15.2. The van der Waals surface area contributed by atoms with E-state index in [1.54, 1.807) is 0 Å². The van der Waals surface area contributed by atoms with E-state index in [1.165, 1.54) is 19.3 Å². The van der Waals surface area contributed by atoms with E-state index in [1.807, 2.05) is 30.3 Å². The molecule has 1 aliphatic heterocycles. The first-order valence-electron chi connectivity index (χ1n) is 7.87. The largest absolute Gasteiger partial charge is 0.293 e. The SMILES string of the molecule is CCC(C(=O)c1ccccc1)N1CCCC(C)(C)CC1. The average molecular weight is 273 g/mol. The van der Waals surface area contributed by atoms with E-state index < -0.39 is 0 Å². The van der Waals surface area contributed by atoms with E-state index in [0.29, 0.717) is 5.41 Å². The molecule has 20 heavy (non-hydrogen) atoms. The lowest BCUT2D eigenvalue weighted by Gasteiger charge is -2.29. The van der Waals surface area contributed by atoms with Crippen LogP contribution in [0, 0.1) is 5.41 Å². The van der Waals surface area contributed by atoms with Gasteiger partial charge in [0.05, 0.1) is 6.04 Å². The third-order valence-electron chi connectivity index (χ3n) is 4.56. The van der Waals surface area contributed by atoms with Gasteiger partial charge in [-0.2, -0.15) is 0 Å². The van der Waals surface area contributed by atoms with E-state index in [2.05, 4.69) is 25.7 Å². The molecule has 0 amide bonds. The Bertz CT molecular complexity index is 438. The second kappa shape index (κ2) is 6.53. The maximum Gasteiger partial charge on any atom is 0.179 e. The number of carbonyl (C=O) groups is 1. The van der Waals surface area contributed by atoms with E-state index >= 15 is 0 Å². The van der Waals surface area contributed by atoms with Crippen LogP contribution in [0.5, 0.6) is 0 Å². The Hall–Kier alpha value is -1.15. The number of hydrogen-bond acceptors (Lipinski definition) is 2. The molecule has 1 aliphatic rings. The van der Waals surface area contributed by atoms with E-state index in [-0.39, 0.29) is 11.8 Å². The molecule has 1 atom stereocenters. The number of Topliss-reactive ketones (excluding diaryl/α,β-unsaturated/α-hetero) is 1. The highest BCUT2D eigenvalue weighted by Gasteiger charge is 2.29. The number of carbonyl (C=O) groups excluding carboxylic acids is 1. The molecule has 1 unspecified atom stereocenters. The molecule has 2 heteroatoms. The summed E-state index contributed by atoms with van der Waals surface area (Å²) in [6.45, 7) is 8.92. The Balaban J connectivity index is 2.10. The normalized spacial score (nSPS) is 21.1. The van der Waals surface area contributed by atoms with Crippen molar-refractivity contribution in [3.05, 3.63) is 35.9 Å². The number of benzene rings is 1. The maximum absolute atomic E-state index is 12.7. The van der Waals surface area contributed by atoms with Gasteiger partial charge in [0.1, 0.15) is 0 Å². The summed E-state index contributed by atoms with van der Waals surface area (Å²) in [5.74, 6) is 0.285. The van der Waals surface area contributed by atoms with Gasteiger partial charge in [-0.05, 0) is 44.2 Å². The minimum absolute atomic E-state index is 0.0475. The topological polar surface area (TPSA) is 20.3 Å². The zero-order chi connectivity index (χ0) is 14.6. The summed E-state index contributed by atoms with van der Waals surface area (Å²) in [6, 6.07) is 9.79. The van der Waals surface area contributed by atoms with Gasteiger partial charge >= 0.3 is 0 Å². The molecular formula is C18H27NO. The predicted octanol–water partition coefficient (Wildman–Crippen LogP) is 4.16. The highest BCUT2D eigenvalue weighted by molar-refractivity contribution is 6.00. The minimum Gasteiger partial charge on any atom is -0.293 e. The summed E-state index contributed by atoms with van der Waals surface area (Å²) in [4.78, 5) is 15.1.